The second-order valence-electron chi connectivity index (χ2n) is 3.79. The van der Waals surface area contributed by atoms with Crippen LogP contribution >= 0.6 is 0 Å². The maximum Gasteiger partial charge on any atom is 0.253 e. The van der Waals surface area contributed by atoms with Gasteiger partial charge in [0.25, 0.3) is 5.91 Å². The van der Waals surface area contributed by atoms with Crippen molar-refractivity contribution in [2.75, 3.05) is 25.2 Å². The van der Waals surface area contributed by atoms with Gasteiger partial charge in [0, 0.05) is 19.3 Å². The summed E-state index contributed by atoms with van der Waals surface area (Å²) in [6.07, 6.45) is 5.20. The number of aromatic nitrogens is 1. The molecular formula is C12H20N4O2. The molecule has 0 bridgehead atoms. The summed E-state index contributed by atoms with van der Waals surface area (Å²) in [5.41, 5.74) is 3.42. The number of hydrogen-bond acceptors (Lipinski definition) is 5. The Hall–Kier alpha value is -1.66. The smallest absolute Gasteiger partial charge is 0.253 e. The van der Waals surface area contributed by atoms with Gasteiger partial charge in [0.2, 0.25) is 0 Å². The van der Waals surface area contributed by atoms with Gasteiger partial charge in [-0.2, -0.15) is 0 Å². The molecule has 1 amide bonds. The van der Waals surface area contributed by atoms with Gasteiger partial charge >= 0.3 is 0 Å². The van der Waals surface area contributed by atoms with Crippen molar-refractivity contribution in [3.05, 3.63) is 24.0 Å². The van der Waals surface area contributed by atoms with Gasteiger partial charge in [-0.25, -0.2) is 0 Å². The highest BCUT2D eigenvalue weighted by molar-refractivity contribution is 5.99. The van der Waals surface area contributed by atoms with E-state index in [-0.39, 0.29) is 5.91 Å². The highest BCUT2D eigenvalue weighted by Gasteiger charge is 2.09. The summed E-state index contributed by atoms with van der Waals surface area (Å²) in [6, 6.07) is 1.61. The van der Waals surface area contributed by atoms with E-state index in [1.165, 1.54) is 6.20 Å². The zero-order valence-corrected chi connectivity index (χ0v) is 10.6. The lowest BCUT2D eigenvalue weighted by Gasteiger charge is -2.09. The van der Waals surface area contributed by atoms with Gasteiger partial charge in [0.1, 0.15) is 0 Å². The summed E-state index contributed by atoms with van der Waals surface area (Å²) in [5.74, 6) is 5.11. The largest absolute Gasteiger partial charge is 0.380 e. The second kappa shape index (κ2) is 8.43. The minimum absolute atomic E-state index is 0.190. The van der Waals surface area contributed by atoms with Crippen LogP contribution in [-0.4, -0.2) is 30.6 Å². The Morgan fingerprint density at radius 3 is 3.06 bits per heavy atom. The first-order chi connectivity index (χ1) is 8.79. The molecule has 0 aliphatic carbocycles. The van der Waals surface area contributed by atoms with Gasteiger partial charge < -0.3 is 15.5 Å². The van der Waals surface area contributed by atoms with E-state index >= 15 is 0 Å². The van der Waals surface area contributed by atoms with Gasteiger partial charge in [0.15, 0.2) is 0 Å². The number of nitrogens with two attached hydrogens (primary N) is 1. The Balaban J connectivity index is 2.32. The van der Waals surface area contributed by atoms with E-state index in [1.807, 2.05) is 0 Å². The molecule has 4 N–H and O–H groups in total. The van der Waals surface area contributed by atoms with E-state index in [9.17, 15) is 4.79 Å². The van der Waals surface area contributed by atoms with Crippen molar-refractivity contribution >= 4 is 11.6 Å². The van der Waals surface area contributed by atoms with Crippen LogP contribution in [0.3, 0.4) is 0 Å². The van der Waals surface area contributed by atoms with E-state index < -0.39 is 0 Å². The van der Waals surface area contributed by atoms with Crippen LogP contribution in [0.15, 0.2) is 18.5 Å². The average molecular weight is 252 g/mol. The van der Waals surface area contributed by atoms with Crippen molar-refractivity contribution in [1.82, 2.24) is 10.3 Å². The first kappa shape index (κ1) is 14.4. The Morgan fingerprint density at radius 2 is 2.33 bits per heavy atom. The van der Waals surface area contributed by atoms with E-state index in [4.69, 9.17) is 10.6 Å². The van der Waals surface area contributed by atoms with Crippen molar-refractivity contribution in [1.29, 1.82) is 0 Å². The molecule has 0 saturated heterocycles. The fourth-order valence-corrected chi connectivity index (χ4v) is 1.39. The Bertz CT molecular complexity index is 371. The summed E-state index contributed by atoms with van der Waals surface area (Å²) in [4.78, 5) is 15.7. The number of anilines is 1. The lowest BCUT2D eigenvalue weighted by molar-refractivity contribution is 0.0913. The number of pyridine rings is 1. The molecule has 0 aromatic carbocycles. The standard InChI is InChI=1S/C12H20N4O2/c1-2-3-7-18-8-6-15-12(17)10-4-5-14-9-11(10)16-13/h4-5,9,16H,2-3,6-8,13H2,1H3,(H,15,17). The molecule has 1 aromatic heterocycles. The van der Waals surface area contributed by atoms with Crippen molar-refractivity contribution in [2.24, 2.45) is 5.84 Å². The van der Waals surface area contributed by atoms with Gasteiger partial charge in [-0.05, 0) is 12.5 Å². The molecule has 0 aliphatic heterocycles. The number of nitrogens with one attached hydrogen (secondary N) is 2. The number of nitrogens with zero attached hydrogens (tertiary/aromatic N) is 1. The molecule has 1 rings (SSSR count). The fraction of sp³-hybridized carbons (Fsp3) is 0.500. The van der Waals surface area contributed by atoms with Crippen LogP contribution in [0.5, 0.6) is 0 Å². The van der Waals surface area contributed by atoms with Gasteiger partial charge in [-0.1, -0.05) is 13.3 Å². The van der Waals surface area contributed by atoms with Gasteiger partial charge in [0.05, 0.1) is 24.1 Å². The van der Waals surface area contributed by atoms with Crippen LogP contribution in [0.1, 0.15) is 30.1 Å². The van der Waals surface area contributed by atoms with Crippen molar-refractivity contribution < 1.29 is 9.53 Å². The molecule has 0 aliphatic rings. The first-order valence-corrected chi connectivity index (χ1v) is 6.06. The number of amides is 1. The monoisotopic (exact) mass is 252 g/mol. The Labute approximate surface area is 107 Å². The maximum absolute atomic E-state index is 11.8. The Kier molecular flexibility index (Phi) is 6.75. The topological polar surface area (TPSA) is 89.3 Å². The number of ether oxygens (including phenoxy) is 1. The van der Waals surface area contributed by atoms with Crippen LogP contribution in [0, 0.1) is 0 Å². The number of carbonyl (C=O) groups is 1. The van der Waals surface area contributed by atoms with E-state index in [1.54, 1.807) is 12.3 Å². The first-order valence-electron chi connectivity index (χ1n) is 6.06. The third kappa shape index (κ3) is 4.68. The number of hydrogen-bond donors (Lipinski definition) is 3. The second-order valence-corrected chi connectivity index (χ2v) is 3.79. The number of hydrazine groups is 1. The predicted octanol–water partition coefficient (Wildman–Crippen LogP) is 0.914. The van der Waals surface area contributed by atoms with E-state index in [0.29, 0.717) is 24.4 Å². The van der Waals surface area contributed by atoms with Gasteiger partial charge in [-0.15, -0.1) is 0 Å². The molecule has 1 heterocycles. The third-order valence-electron chi connectivity index (χ3n) is 2.40. The zero-order valence-electron chi connectivity index (χ0n) is 10.6. The summed E-state index contributed by atoms with van der Waals surface area (Å²) >= 11 is 0. The molecule has 0 atom stereocenters. The van der Waals surface area contributed by atoms with Crippen LogP contribution in [0.2, 0.25) is 0 Å². The highest BCUT2D eigenvalue weighted by Crippen LogP contribution is 2.10. The number of carbonyl (C=O) groups excluding carboxylic acids is 1. The van der Waals surface area contributed by atoms with Crippen molar-refractivity contribution in [3.63, 3.8) is 0 Å². The fourth-order valence-electron chi connectivity index (χ4n) is 1.39. The molecule has 6 heteroatoms. The Morgan fingerprint density at radius 1 is 1.50 bits per heavy atom. The van der Waals surface area contributed by atoms with Crippen molar-refractivity contribution in [2.45, 2.75) is 19.8 Å². The minimum atomic E-state index is -0.190. The average Bonchev–Trinajstić information content (AvgIpc) is 2.42. The summed E-state index contributed by atoms with van der Waals surface area (Å²) in [6.45, 7) is 3.84. The summed E-state index contributed by atoms with van der Waals surface area (Å²) in [5, 5.41) is 2.76. The van der Waals surface area contributed by atoms with Crippen LogP contribution in [0.4, 0.5) is 5.69 Å². The van der Waals surface area contributed by atoms with Crippen LogP contribution in [-0.2, 0) is 4.74 Å². The lowest BCUT2D eigenvalue weighted by Crippen LogP contribution is -2.28. The SMILES string of the molecule is CCCCOCCNC(=O)c1ccncc1NN. The summed E-state index contributed by atoms with van der Waals surface area (Å²) in [7, 11) is 0. The molecule has 1 aromatic rings. The zero-order chi connectivity index (χ0) is 13.2. The van der Waals surface area contributed by atoms with Gasteiger partial charge in [-0.3, -0.25) is 15.6 Å². The molecule has 0 radical (unpaired) electrons. The lowest BCUT2D eigenvalue weighted by atomic mass is 10.2. The third-order valence-corrected chi connectivity index (χ3v) is 2.40. The molecule has 0 spiro atoms. The minimum Gasteiger partial charge on any atom is -0.380 e. The van der Waals surface area contributed by atoms with Crippen LogP contribution < -0.4 is 16.6 Å². The number of nitrogen functional groups attached to an aromatic ring is 1. The quantitative estimate of drug-likeness (QED) is 0.363. The number of rotatable bonds is 8. The number of unbranched alkanes of at least 4 members (excludes halogenated alkanes) is 1. The predicted molar refractivity (Wildman–Crippen MR) is 70.1 cm³/mol. The molecule has 0 fully saturated rings. The van der Waals surface area contributed by atoms with E-state index in [2.05, 4.69) is 22.7 Å². The van der Waals surface area contributed by atoms with Crippen molar-refractivity contribution in [3.8, 4) is 0 Å². The van der Waals surface area contributed by atoms with E-state index in [0.717, 1.165) is 19.4 Å². The molecule has 0 saturated carbocycles. The summed E-state index contributed by atoms with van der Waals surface area (Å²) < 4.78 is 5.35. The highest BCUT2D eigenvalue weighted by atomic mass is 16.5. The van der Waals surface area contributed by atoms with Crippen LogP contribution in [0.25, 0.3) is 0 Å². The molecular weight excluding hydrogens is 232 g/mol. The molecule has 18 heavy (non-hydrogen) atoms. The molecule has 6 nitrogen and oxygen atoms in total. The normalized spacial score (nSPS) is 10.1. The molecule has 0 unspecified atom stereocenters. The molecule has 100 valence electrons. The maximum atomic E-state index is 11.8.